The monoisotopic (exact) mass is 419 g/mol. The Balaban J connectivity index is 1.56. The molecule has 2 aromatic carbocycles. The summed E-state index contributed by atoms with van der Waals surface area (Å²) < 4.78 is 18.3. The van der Waals surface area contributed by atoms with Crippen molar-refractivity contribution in [1.29, 1.82) is 5.26 Å². The SMILES string of the molecule is CCCCOc1ccc([C@@H]2Oc3ccc(OCCCC)cc3[C@@H]3C[C@@H](C#N)C[C@@H]32)cc1. The average molecular weight is 420 g/mol. The third-order valence-corrected chi connectivity index (χ3v) is 6.56. The van der Waals surface area contributed by atoms with E-state index in [-0.39, 0.29) is 12.0 Å². The first-order valence-electron chi connectivity index (χ1n) is 11.8. The molecule has 1 aliphatic carbocycles. The van der Waals surface area contributed by atoms with Gasteiger partial charge in [-0.1, -0.05) is 38.8 Å². The second-order valence-corrected chi connectivity index (χ2v) is 8.78. The first-order chi connectivity index (χ1) is 15.2. The Labute approximate surface area is 186 Å². The van der Waals surface area contributed by atoms with Gasteiger partial charge in [0.25, 0.3) is 0 Å². The number of nitriles is 1. The van der Waals surface area contributed by atoms with Gasteiger partial charge in [-0.2, -0.15) is 5.26 Å². The summed E-state index contributed by atoms with van der Waals surface area (Å²) in [5.74, 6) is 3.44. The van der Waals surface area contributed by atoms with Gasteiger partial charge in [0.1, 0.15) is 23.4 Å². The average Bonchev–Trinajstić information content (AvgIpc) is 3.24. The Morgan fingerprint density at radius 3 is 2.29 bits per heavy atom. The summed E-state index contributed by atoms with van der Waals surface area (Å²) in [6.45, 7) is 5.82. The maximum absolute atomic E-state index is 9.62. The van der Waals surface area contributed by atoms with E-state index >= 15 is 0 Å². The van der Waals surface area contributed by atoms with Crippen molar-refractivity contribution in [2.75, 3.05) is 13.2 Å². The van der Waals surface area contributed by atoms with Crippen molar-refractivity contribution >= 4 is 0 Å². The highest BCUT2D eigenvalue weighted by molar-refractivity contribution is 5.46. The zero-order chi connectivity index (χ0) is 21.6. The molecule has 4 rings (SSSR count). The molecule has 2 aliphatic rings. The van der Waals surface area contributed by atoms with E-state index in [1.165, 1.54) is 5.56 Å². The first-order valence-corrected chi connectivity index (χ1v) is 11.8. The molecule has 1 saturated carbocycles. The molecule has 4 heteroatoms. The molecule has 2 aromatic rings. The van der Waals surface area contributed by atoms with Gasteiger partial charge in [-0.15, -0.1) is 0 Å². The Bertz CT molecular complexity index is 902. The van der Waals surface area contributed by atoms with Crippen LogP contribution in [0.5, 0.6) is 17.2 Å². The predicted octanol–water partition coefficient (Wildman–Crippen LogP) is 6.81. The largest absolute Gasteiger partial charge is 0.494 e. The zero-order valence-corrected chi connectivity index (χ0v) is 18.7. The molecule has 0 N–H and O–H groups in total. The minimum atomic E-state index is -0.0348. The molecule has 1 fully saturated rings. The van der Waals surface area contributed by atoms with Crippen LogP contribution in [-0.2, 0) is 0 Å². The Kier molecular flexibility index (Phi) is 7.02. The third-order valence-electron chi connectivity index (χ3n) is 6.56. The van der Waals surface area contributed by atoms with E-state index in [1.54, 1.807) is 0 Å². The molecule has 0 bridgehead atoms. The van der Waals surface area contributed by atoms with Crippen LogP contribution in [0.3, 0.4) is 0 Å². The van der Waals surface area contributed by atoms with Gasteiger partial charge in [0.2, 0.25) is 0 Å². The van der Waals surface area contributed by atoms with E-state index < -0.39 is 0 Å². The lowest BCUT2D eigenvalue weighted by Crippen LogP contribution is -2.26. The lowest BCUT2D eigenvalue weighted by atomic mass is 9.80. The van der Waals surface area contributed by atoms with Crippen LogP contribution in [0.2, 0.25) is 0 Å². The van der Waals surface area contributed by atoms with Crippen LogP contribution in [0.15, 0.2) is 42.5 Å². The fraction of sp³-hybridized carbons (Fsp3) is 0.519. The van der Waals surface area contributed by atoms with Crippen molar-refractivity contribution in [1.82, 2.24) is 0 Å². The summed E-state index contributed by atoms with van der Waals surface area (Å²) in [7, 11) is 0. The number of benzene rings is 2. The second kappa shape index (κ2) is 10.1. The summed E-state index contributed by atoms with van der Waals surface area (Å²) in [5.41, 5.74) is 2.36. The van der Waals surface area contributed by atoms with Gasteiger partial charge in [0.15, 0.2) is 0 Å². The van der Waals surface area contributed by atoms with Crippen LogP contribution in [0.1, 0.15) is 75.5 Å². The molecule has 1 heterocycles. The first kappa shape index (κ1) is 21.6. The van der Waals surface area contributed by atoms with Gasteiger partial charge >= 0.3 is 0 Å². The van der Waals surface area contributed by atoms with Crippen molar-refractivity contribution < 1.29 is 14.2 Å². The van der Waals surface area contributed by atoms with Crippen LogP contribution in [-0.4, -0.2) is 13.2 Å². The molecular formula is C27H33NO3. The number of ether oxygens (including phenoxy) is 3. The Hall–Kier alpha value is -2.67. The summed E-state index contributed by atoms with van der Waals surface area (Å²) in [5, 5.41) is 9.62. The Morgan fingerprint density at radius 2 is 1.61 bits per heavy atom. The van der Waals surface area contributed by atoms with Crippen molar-refractivity contribution in [2.45, 2.75) is 64.4 Å². The summed E-state index contributed by atoms with van der Waals surface area (Å²) in [6.07, 6.45) is 6.09. The third kappa shape index (κ3) is 4.82. The fourth-order valence-electron chi connectivity index (χ4n) is 4.84. The van der Waals surface area contributed by atoms with E-state index in [0.717, 1.165) is 74.6 Å². The Morgan fingerprint density at radius 1 is 0.935 bits per heavy atom. The smallest absolute Gasteiger partial charge is 0.127 e. The highest BCUT2D eigenvalue weighted by Crippen LogP contribution is 2.56. The van der Waals surface area contributed by atoms with E-state index in [1.807, 2.05) is 24.3 Å². The zero-order valence-electron chi connectivity index (χ0n) is 18.7. The molecule has 0 spiro atoms. The molecular weight excluding hydrogens is 386 g/mol. The fourth-order valence-corrected chi connectivity index (χ4v) is 4.84. The summed E-state index contributed by atoms with van der Waals surface area (Å²) >= 11 is 0. The minimum Gasteiger partial charge on any atom is -0.494 e. The summed E-state index contributed by atoms with van der Waals surface area (Å²) in [4.78, 5) is 0. The molecule has 0 saturated heterocycles. The topological polar surface area (TPSA) is 51.5 Å². The van der Waals surface area contributed by atoms with Crippen LogP contribution >= 0.6 is 0 Å². The quantitative estimate of drug-likeness (QED) is 0.419. The highest BCUT2D eigenvalue weighted by Gasteiger charge is 2.45. The molecule has 164 valence electrons. The number of hydrogen-bond acceptors (Lipinski definition) is 4. The number of hydrogen-bond donors (Lipinski definition) is 0. The molecule has 1 aliphatic heterocycles. The van der Waals surface area contributed by atoms with E-state index in [2.05, 4.69) is 38.1 Å². The van der Waals surface area contributed by atoms with E-state index in [0.29, 0.717) is 11.8 Å². The molecule has 0 amide bonds. The predicted molar refractivity (Wildman–Crippen MR) is 122 cm³/mol. The molecule has 4 nitrogen and oxygen atoms in total. The number of nitrogens with zero attached hydrogens (tertiary/aromatic N) is 1. The standard InChI is InChI=1S/C27H33NO3/c1-3-5-13-29-21-9-7-20(8-10-21)27-25-16-19(18-28)15-23(25)24-17-22(30-14-6-4-2)11-12-26(24)31-27/h7-12,17,19,23,25,27H,3-6,13-16H2,1-2H3/t19-,23+,25+,27+/m1/s1. The normalized spacial score (nSPS) is 23.9. The maximum atomic E-state index is 9.62. The molecule has 31 heavy (non-hydrogen) atoms. The maximum Gasteiger partial charge on any atom is 0.127 e. The van der Waals surface area contributed by atoms with Gasteiger partial charge in [0, 0.05) is 17.4 Å². The lowest BCUT2D eigenvalue weighted by molar-refractivity contribution is 0.103. The van der Waals surface area contributed by atoms with Crippen molar-refractivity contribution in [3.63, 3.8) is 0 Å². The van der Waals surface area contributed by atoms with Crippen molar-refractivity contribution in [2.24, 2.45) is 11.8 Å². The van der Waals surface area contributed by atoms with E-state index in [9.17, 15) is 5.26 Å². The van der Waals surface area contributed by atoms with Crippen LogP contribution in [0.25, 0.3) is 0 Å². The minimum absolute atomic E-state index is 0.0348. The number of rotatable bonds is 9. The van der Waals surface area contributed by atoms with Crippen molar-refractivity contribution in [3.8, 4) is 23.3 Å². The number of fused-ring (bicyclic) bond motifs is 3. The molecule has 4 atom stereocenters. The van der Waals surface area contributed by atoms with Crippen LogP contribution in [0, 0.1) is 23.2 Å². The molecule has 0 unspecified atom stereocenters. The number of unbranched alkanes of at least 4 members (excludes halogenated alkanes) is 2. The summed E-state index contributed by atoms with van der Waals surface area (Å²) in [6, 6.07) is 17.0. The second-order valence-electron chi connectivity index (χ2n) is 8.78. The van der Waals surface area contributed by atoms with E-state index in [4.69, 9.17) is 14.2 Å². The van der Waals surface area contributed by atoms with Crippen molar-refractivity contribution in [3.05, 3.63) is 53.6 Å². The van der Waals surface area contributed by atoms with Crippen LogP contribution < -0.4 is 14.2 Å². The van der Waals surface area contributed by atoms with Gasteiger partial charge < -0.3 is 14.2 Å². The van der Waals surface area contributed by atoms with Crippen LogP contribution in [0.4, 0.5) is 0 Å². The molecule has 0 aromatic heterocycles. The van der Waals surface area contributed by atoms with Gasteiger partial charge in [-0.3, -0.25) is 0 Å². The molecule has 0 radical (unpaired) electrons. The van der Waals surface area contributed by atoms with Gasteiger partial charge in [0.05, 0.1) is 19.3 Å². The highest BCUT2D eigenvalue weighted by atomic mass is 16.5. The van der Waals surface area contributed by atoms with Gasteiger partial charge in [-0.05, 0) is 67.5 Å². The van der Waals surface area contributed by atoms with Gasteiger partial charge in [-0.25, -0.2) is 0 Å². The lowest BCUT2D eigenvalue weighted by Gasteiger charge is -2.36.